The van der Waals surface area contributed by atoms with E-state index in [-0.39, 0.29) is 12.0 Å². The van der Waals surface area contributed by atoms with E-state index in [1.54, 1.807) is 17.0 Å². The van der Waals surface area contributed by atoms with Crippen LogP contribution in [0.25, 0.3) is 11.0 Å². The van der Waals surface area contributed by atoms with Crippen LogP contribution in [0, 0.1) is 6.92 Å². The molecule has 4 nitrogen and oxygen atoms in total. The summed E-state index contributed by atoms with van der Waals surface area (Å²) in [7, 11) is 0. The van der Waals surface area contributed by atoms with Crippen LogP contribution >= 0.6 is 11.6 Å². The van der Waals surface area contributed by atoms with Crippen LogP contribution in [-0.2, 0) is 0 Å². The number of amides is 1. The fraction of sp³-hybridized carbons (Fsp3) is 0.211. The predicted octanol–water partition coefficient (Wildman–Crippen LogP) is 4.82. The van der Waals surface area contributed by atoms with Crippen LogP contribution < -0.4 is 9.64 Å². The lowest BCUT2D eigenvalue weighted by Crippen LogP contribution is -2.42. The van der Waals surface area contributed by atoms with Crippen molar-refractivity contribution in [2.45, 2.75) is 20.0 Å². The maximum atomic E-state index is 13.1. The lowest BCUT2D eigenvalue weighted by atomic mass is 10.1. The summed E-state index contributed by atoms with van der Waals surface area (Å²) in [6.45, 7) is 4.31. The molecule has 4 rings (SSSR count). The molecule has 0 radical (unpaired) electrons. The Balaban J connectivity index is 1.81. The van der Waals surface area contributed by atoms with Crippen LogP contribution in [-0.4, -0.2) is 18.6 Å². The molecule has 1 aliphatic rings. The molecule has 1 atom stereocenters. The van der Waals surface area contributed by atoms with Crippen molar-refractivity contribution in [2.75, 3.05) is 11.4 Å². The topological polar surface area (TPSA) is 42.7 Å². The normalized spacial score (nSPS) is 16.8. The third-order valence-electron chi connectivity index (χ3n) is 4.26. The molecule has 122 valence electrons. The zero-order valence-electron chi connectivity index (χ0n) is 13.4. The number of benzene rings is 2. The molecule has 5 heteroatoms. The molecule has 0 saturated heterocycles. The molecule has 1 amide bonds. The second-order valence-corrected chi connectivity index (χ2v) is 6.45. The van der Waals surface area contributed by atoms with Gasteiger partial charge in [0.05, 0.1) is 12.2 Å². The third kappa shape index (κ3) is 2.34. The maximum absolute atomic E-state index is 13.1. The number of halogens is 1. The van der Waals surface area contributed by atoms with Crippen LogP contribution in [0.15, 0.2) is 46.9 Å². The number of furan rings is 1. The number of carbonyl (C=O) groups is 1. The number of rotatable bonds is 1. The summed E-state index contributed by atoms with van der Waals surface area (Å²) < 4.78 is 11.6. The van der Waals surface area contributed by atoms with Gasteiger partial charge < -0.3 is 9.15 Å². The number of aryl methyl sites for hydroxylation is 1. The predicted molar refractivity (Wildman–Crippen MR) is 94.2 cm³/mol. The Morgan fingerprint density at radius 3 is 2.88 bits per heavy atom. The molecular weight excluding hydrogens is 326 g/mol. The zero-order chi connectivity index (χ0) is 16.8. The third-order valence-corrected chi connectivity index (χ3v) is 4.50. The van der Waals surface area contributed by atoms with Gasteiger partial charge in [-0.25, -0.2) is 0 Å². The van der Waals surface area contributed by atoms with E-state index in [4.69, 9.17) is 20.8 Å². The Morgan fingerprint density at radius 2 is 2.04 bits per heavy atom. The van der Waals surface area contributed by atoms with E-state index in [0.29, 0.717) is 28.7 Å². The van der Waals surface area contributed by atoms with Gasteiger partial charge in [0.2, 0.25) is 0 Å². The number of nitrogens with zero attached hydrogens (tertiary/aromatic N) is 1. The molecule has 3 aromatic rings. The highest BCUT2D eigenvalue weighted by Crippen LogP contribution is 2.36. The van der Waals surface area contributed by atoms with Crippen molar-refractivity contribution < 1.29 is 13.9 Å². The van der Waals surface area contributed by atoms with Crippen molar-refractivity contribution in [3.8, 4) is 5.75 Å². The molecule has 0 spiro atoms. The first-order valence-corrected chi connectivity index (χ1v) is 8.18. The lowest BCUT2D eigenvalue weighted by Gasteiger charge is -2.33. The fourth-order valence-electron chi connectivity index (χ4n) is 3.10. The molecule has 0 unspecified atom stereocenters. The maximum Gasteiger partial charge on any atom is 0.294 e. The summed E-state index contributed by atoms with van der Waals surface area (Å²) >= 11 is 6.06. The van der Waals surface area contributed by atoms with Crippen LogP contribution in [0.1, 0.15) is 23.0 Å². The van der Waals surface area contributed by atoms with Crippen molar-refractivity contribution >= 4 is 34.2 Å². The smallest absolute Gasteiger partial charge is 0.294 e. The number of fused-ring (bicyclic) bond motifs is 2. The molecule has 2 heterocycles. The zero-order valence-corrected chi connectivity index (χ0v) is 14.1. The quantitative estimate of drug-likeness (QED) is 0.637. The summed E-state index contributed by atoms with van der Waals surface area (Å²) in [6.07, 6.45) is -0.0806. The summed E-state index contributed by atoms with van der Waals surface area (Å²) in [5, 5.41) is 1.48. The largest absolute Gasteiger partial charge is 0.487 e. The standard InChI is InChI=1S/C19H16ClNO3/c1-11-10-21(15-5-3-4-6-17(15)23-11)19(22)18-12(2)14-9-13(20)7-8-16(14)24-18/h3-9,11H,10H2,1-2H3/t11-/m0/s1. The van der Waals surface area contributed by atoms with Gasteiger partial charge in [0, 0.05) is 16.0 Å². The fourth-order valence-corrected chi connectivity index (χ4v) is 3.27. The molecule has 0 N–H and O–H groups in total. The monoisotopic (exact) mass is 341 g/mol. The average Bonchev–Trinajstić information content (AvgIpc) is 2.90. The van der Waals surface area contributed by atoms with E-state index in [2.05, 4.69) is 0 Å². The number of carbonyl (C=O) groups excluding carboxylic acids is 1. The average molecular weight is 342 g/mol. The minimum Gasteiger partial charge on any atom is -0.487 e. The Labute approximate surface area is 144 Å². The Morgan fingerprint density at radius 1 is 1.25 bits per heavy atom. The molecular formula is C19H16ClNO3. The van der Waals surface area contributed by atoms with E-state index in [1.165, 1.54) is 0 Å². The molecule has 2 aromatic carbocycles. The van der Waals surface area contributed by atoms with Crippen LogP contribution in [0.3, 0.4) is 0 Å². The first kappa shape index (κ1) is 15.1. The molecule has 1 aliphatic heterocycles. The Hall–Kier alpha value is -2.46. The van der Waals surface area contributed by atoms with Gasteiger partial charge in [-0.15, -0.1) is 0 Å². The highest BCUT2D eigenvalue weighted by atomic mass is 35.5. The van der Waals surface area contributed by atoms with Gasteiger partial charge in [-0.1, -0.05) is 23.7 Å². The second kappa shape index (κ2) is 5.56. The molecule has 0 fully saturated rings. The number of anilines is 1. The Kier molecular flexibility index (Phi) is 3.50. The van der Waals surface area contributed by atoms with Gasteiger partial charge in [0.1, 0.15) is 17.4 Å². The minimum atomic E-state index is -0.164. The van der Waals surface area contributed by atoms with Crippen molar-refractivity contribution in [2.24, 2.45) is 0 Å². The van der Waals surface area contributed by atoms with Gasteiger partial charge in [-0.3, -0.25) is 9.69 Å². The van der Waals surface area contributed by atoms with Crippen LogP contribution in [0.5, 0.6) is 5.75 Å². The van der Waals surface area contributed by atoms with Crippen molar-refractivity contribution in [3.63, 3.8) is 0 Å². The van der Waals surface area contributed by atoms with Crippen LogP contribution in [0.4, 0.5) is 5.69 Å². The van der Waals surface area contributed by atoms with Crippen LogP contribution in [0.2, 0.25) is 5.02 Å². The van der Waals surface area contributed by atoms with E-state index in [1.807, 2.05) is 44.2 Å². The number of ether oxygens (including phenoxy) is 1. The molecule has 0 aliphatic carbocycles. The number of hydrogen-bond donors (Lipinski definition) is 0. The van der Waals surface area contributed by atoms with Gasteiger partial charge >= 0.3 is 0 Å². The Bertz CT molecular complexity index is 947. The highest BCUT2D eigenvalue weighted by molar-refractivity contribution is 6.31. The minimum absolute atomic E-state index is 0.0806. The van der Waals surface area contributed by atoms with Crippen molar-refractivity contribution in [3.05, 3.63) is 58.8 Å². The van der Waals surface area contributed by atoms with Gasteiger partial charge in [0.25, 0.3) is 5.91 Å². The van der Waals surface area contributed by atoms with E-state index < -0.39 is 0 Å². The van der Waals surface area contributed by atoms with Crippen molar-refractivity contribution in [1.82, 2.24) is 0 Å². The summed E-state index contributed by atoms with van der Waals surface area (Å²) in [5.41, 5.74) is 2.22. The first-order chi connectivity index (χ1) is 11.5. The lowest BCUT2D eigenvalue weighted by molar-refractivity contribution is 0.0935. The highest BCUT2D eigenvalue weighted by Gasteiger charge is 2.31. The summed E-state index contributed by atoms with van der Waals surface area (Å²) in [4.78, 5) is 14.8. The van der Waals surface area contributed by atoms with Crippen molar-refractivity contribution in [1.29, 1.82) is 0 Å². The van der Waals surface area contributed by atoms with E-state index in [0.717, 1.165) is 16.6 Å². The molecule has 1 aromatic heterocycles. The summed E-state index contributed by atoms with van der Waals surface area (Å²) in [6, 6.07) is 12.9. The first-order valence-electron chi connectivity index (χ1n) is 7.81. The summed E-state index contributed by atoms with van der Waals surface area (Å²) in [5.74, 6) is 0.889. The van der Waals surface area contributed by atoms with Gasteiger partial charge in [0.15, 0.2) is 5.76 Å². The van der Waals surface area contributed by atoms with E-state index in [9.17, 15) is 4.79 Å². The number of hydrogen-bond acceptors (Lipinski definition) is 3. The van der Waals surface area contributed by atoms with E-state index >= 15 is 0 Å². The SMILES string of the molecule is Cc1c(C(=O)N2C[C@H](C)Oc3ccccc32)oc2ccc(Cl)cc12. The van der Waals surface area contributed by atoms with Gasteiger partial charge in [-0.2, -0.15) is 0 Å². The van der Waals surface area contributed by atoms with Gasteiger partial charge in [-0.05, 0) is 44.2 Å². The molecule has 0 bridgehead atoms. The molecule has 0 saturated carbocycles. The second-order valence-electron chi connectivity index (χ2n) is 6.01. The number of para-hydroxylation sites is 2. The molecule has 24 heavy (non-hydrogen) atoms.